The Labute approximate surface area is 119 Å². The van der Waals surface area contributed by atoms with Gasteiger partial charge in [-0.05, 0) is 43.0 Å². The molecule has 20 heavy (non-hydrogen) atoms. The predicted octanol–water partition coefficient (Wildman–Crippen LogP) is 1.91. The standard InChI is InChI=1S/C15H21NO4/c1-9(2)13-6-5-12(7-10(13)3)19-8-14(17)20-11(4)15(16)18/h5-7,9,11H,8H2,1-4H3,(H2,16,18). The van der Waals surface area contributed by atoms with Gasteiger partial charge in [0.1, 0.15) is 5.75 Å². The molecule has 0 aliphatic rings. The summed E-state index contributed by atoms with van der Waals surface area (Å²) in [4.78, 5) is 22.2. The maximum absolute atomic E-state index is 11.4. The molecule has 0 aliphatic heterocycles. The number of nitrogens with two attached hydrogens (primary N) is 1. The minimum atomic E-state index is -0.948. The second-order valence-corrected chi connectivity index (χ2v) is 5.00. The average Bonchev–Trinajstić information content (AvgIpc) is 2.35. The van der Waals surface area contributed by atoms with E-state index in [1.807, 2.05) is 25.1 Å². The lowest BCUT2D eigenvalue weighted by atomic mass is 9.98. The number of carbonyl (C=O) groups excluding carboxylic acids is 2. The molecule has 0 saturated carbocycles. The zero-order valence-corrected chi connectivity index (χ0v) is 12.3. The SMILES string of the molecule is Cc1cc(OCC(=O)OC(C)C(N)=O)ccc1C(C)C. The number of benzene rings is 1. The monoisotopic (exact) mass is 279 g/mol. The Morgan fingerprint density at radius 1 is 1.25 bits per heavy atom. The van der Waals surface area contributed by atoms with Crippen LogP contribution >= 0.6 is 0 Å². The van der Waals surface area contributed by atoms with Crippen LogP contribution in [-0.4, -0.2) is 24.6 Å². The van der Waals surface area contributed by atoms with Gasteiger partial charge in [-0.1, -0.05) is 19.9 Å². The van der Waals surface area contributed by atoms with Crippen molar-refractivity contribution in [2.75, 3.05) is 6.61 Å². The van der Waals surface area contributed by atoms with Crippen molar-refractivity contribution in [2.24, 2.45) is 5.73 Å². The summed E-state index contributed by atoms with van der Waals surface area (Å²) in [5.41, 5.74) is 7.35. The lowest BCUT2D eigenvalue weighted by molar-refractivity contribution is -0.155. The summed E-state index contributed by atoms with van der Waals surface area (Å²) in [7, 11) is 0. The van der Waals surface area contributed by atoms with Crippen molar-refractivity contribution in [1.29, 1.82) is 0 Å². The maximum Gasteiger partial charge on any atom is 0.344 e. The summed E-state index contributed by atoms with van der Waals surface area (Å²) >= 11 is 0. The molecule has 0 fully saturated rings. The van der Waals surface area contributed by atoms with Gasteiger partial charge in [0.25, 0.3) is 5.91 Å². The molecule has 1 aromatic carbocycles. The number of primary amides is 1. The van der Waals surface area contributed by atoms with Gasteiger partial charge in [-0.15, -0.1) is 0 Å². The molecular weight excluding hydrogens is 258 g/mol. The third-order valence-corrected chi connectivity index (χ3v) is 2.93. The molecule has 0 radical (unpaired) electrons. The van der Waals surface area contributed by atoms with Gasteiger partial charge < -0.3 is 15.2 Å². The van der Waals surface area contributed by atoms with Gasteiger partial charge in [-0.2, -0.15) is 0 Å². The van der Waals surface area contributed by atoms with Crippen molar-refractivity contribution in [1.82, 2.24) is 0 Å². The smallest absolute Gasteiger partial charge is 0.344 e. The number of esters is 1. The van der Waals surface area contributed by atoms with Gasteiger partial charge in [0.15, 0.2) is 12.7 Å². The molecule has 5 nitrogen and oxygen atoms in total. The summed E-state index contributed by atoms with van der Waals surface area (Å²) in [5.74, 6) is -0.279. The second kappa shape index (κ2) is 6.93. The molecule has 0 heterocycles. The summed E-state index contributed by atoms with van der Waals surface area (Å²) in [6.45, 7) is 7.40. The van der Waals surface area contributed by atoms with Crippen LogP contribution in [0, 0.1) is 6.92 Å². The van der Waals surface area contributed by atoms with Gasteiger partial charge in [0.2, 0.25) is 0 Å². The summed E-state index contributed by atoms with van der Waals surface area (Å²) in [6.07, 6.45) is -0.948. The van der Waals surface area contributed by atoms with E-state index in [1.165, 1.54) is 12.5 Å². The van der Waals surface area contributed by atoms with Gasteiger partial charge >= 0.3 is 5.97 Å². The third kappa shape index (κ3) is 4.57. The number of amides is 1. The summed E-state index contributed by atoms with van der Waals surface area (Å²) in [5, 5.41) is 0. The highest BCUT2D eigenvalue weighted by Gasteiger charge is 2.15. The van der Waals surface area contributed by atoms with Crippen LogP contribution in [0.5, 0.6) is 5.75 Å². The summed E-state index contributed by atoms with van der Waals surface area (Å²) in [6, 6.07) is 5.67. The molecule has 0 saturated heterocycles. The Bertz CT molecular complexity index is 497. The fourth-order valence-corrected chi connectivity index (χ4v) is 1.82. The number of carbonyl (C=O) groups is 2. The molecule has 1 atom stereocenters. The first-order chi connectivity index (χ1) is 9.31. The zero-order valence-electron chi connectivity index (χ0n) is 12.3. The van der Waals surface area contributed by atoms with Crippen molar-refractivity contribution in [3.8, 4) is 5.75 Å². The molecule has 1 unspecified atom stereocenters. The zero-order chi connectivity index (χ0) is 15.3. The van der Waals surface area contributed by atoms with Crippen LogP contribution in [0.3, 0.4) is 0 Å². The molecule has 1 amide bonds. The molecule has 0 aliphatic carbocycles. The number of ether oxygens (including phenoxy) is 2. The predicted molar refractivity (Wildman–Crippen MR) is 75.5 cm³/mol. The van der Waals surface area contributed by atoms with Crippen LogP contribution < -0.4 is 10.5 Å². The Morgan fingerprint density at radius 3 is 2.40 bits per heavy atom. The van der Waals surface area contributed by atoms with Gasteiger partial charge in [-0.3, -0.25) is 4.79 Å². The molecule has 0 bridgehead atoms. The highest BCUT2D eigenvalue weighted by atomic mass is 16.6. The van der Waals surface area contributed by atoms with E-state index in [4.69, 9.17) is 15.2 Å². The van der Waals surface area contributed by atoms with Crippen LogP contribution in [-0.2, 0) is 14.3 Å². The fraction of sp³-hybridized carbons (Fsp3) is 0.467. The number of hydrogen-bond donors (Lipinski definition) is 1. The molecule has 2 N–H and O–H groups in total. The largest absolute Gasteiger partial charge is 0.482 e. The lowest BCUT2D eigenvalue weighted by Gasteiger charge is -2.13. The van der Waals surface area contributed by atoms with Gasteiger partial charge in [0.05, 0.1) is 0 Å². The number of aryl methyl sites for hydroxylation is 1. The number of rotatable bonds is 6. The second-order valence-electron chi connectivity index (χ2n) is 5.00. The van der Waals surface area contributed by atoms with E-state index >= 15 is 0 Å². The quantitative estimate of drug-likeness (QED) is 0.807. The van der Waals surface area contributed by atoms with Gasteiger partial charge in [-0.25, -0.2) is 4.79 Å². The Kier molecular flexibility index (Phi) is 5.55. The normalized spacial score (nSPS) is 12.1. The van der Waals surface area contributed by atoms with Crippen LogP contribution in [0.15, 0.2) is 18.2 Å². The molecule has 0 aromatic heterocycles. The molecular formula is C15H21NO4. The number of hydrogen-bond acceptors (Lipinski definition) is 4. The Balaban J connectivity index is 2.56. The van der Waals surface area contributed by atoms with Crippen LogP contribution in [0.4, 0.5) is 0 Å². The van der Waals surface area contributed by atoms with E-state index < -0.39 is 18.0 Å². The molecule has 0 spiro atoms. The molecule has 1 rings (SSSR count). The van der Waals surface area contributed by atoms with E-state index in [1.54, 1.807) is 0 Å². The van der Waals surface area contributed by atoms with E-state index in [-0.39, 0.29) is 6.61 Å². The Hall–Kier alpha value is -2.04. The molecule has 1 aromatic rings. The first-order valence-electron chi connectivity index (χ1n) is 6.53. The van der Waals surface area contributed by atoms with Crippen molar-refractivity contribution >= 4 is 11.9 Å². The fourth-order valence-electron chi connectivity index (χ4n) is 1.82. The van der Waals surface area contributed by atoms with E-state index in [2.05, 4.69) is 13.8 Å². The highest BCUT2D eigenvalue weighted by Crippen LogP contribution is 2.23. The first-order valence-corrected chi connectivity index (χ1v) is 6.53. The average molecular weight is 279 g/mol. The van der Waals surface area contributed by atoms with Crippen molar-refractivity contribution in [3.63, 3.8) is 0 Å². The lowest BCUT2D eigenvalue weighted by Crippen LogP contribution is -2.32. The van der Waals surface area contributed by atoms with Crippen molar-refractivity contribution in [3.05, 3.63) is 29.3 Å². The van der Waals surface area contributed by atoms with Crippen molar-refractivity contribution < 1.29 is 19.1 Å². The van der Waals surface area contributed by atoms with E-state index in [0.29, 0.717) is 11.7 Å². The maximum atomic E-state index is 11.4. The van der Waals surface area contributed by atoms with Crippen LogP contribution in [0.1, 0.15) is 37.8 Å². The highest BCUT2D eigenvalue weighted by molar-refractivity contribution is 5.82. The Morgan fingerprint density at radius 2 is 1.90 bits per heavy atom. The van der Waals surface area contributed by atoms with E-state index in [9.17, 15) is 9.59 Å². The third-order valence-electron chi connectivity index (χ3n) is 2.93. The van der Waals surface area contributed by atoms with Crippen molar-refractivity contribution in [2.45, 2.75) is 39.7 Å². The summed E-state index contributed by atoms with van der Waals surface area (Å²) < 4.78 is 10.1. The first kappa shape index (κ1) is 16.0. The van der Waals surface area contributed by atoms with Crippen LogP contribution in [0.25, 0.3) is 0 Å². The molecule has 5 heteroatoms. The minimum Gasteiger partial charge on any atom is -0.482 e. The topological polar surface area (TPSA) is 78.6 Å². The minimum absolute atomic E-state index is 0.252. The van der Waals surface area contributed by atoms with E-state index in [0.717, 1.165) is 5.56 Å². The molecule has 110 valence electrons. The van der Waals surface area contributed by atoms with Gasteiger partial charge in [0, 0.05) is 0 Å². The van der Waals surface area contributed by atoms with Crippen LogP contribution in [0.2, 0.25) is 0 Å².